The Balaban J connectivity index is 1.34. The summed E-state index contributed by atoms with van der Waals surface area (Å²) < 4.78 is 1.85. The van der Waals surface area contributed by atoms with Gasteiger partial charge in [0.1, 0.15) is 5.69 Å². The number of aromatic nitrogens is 4. The van der Waals surface area contributed by atoms with Gasteiger partial charge in [0, 0.05) is 49.7 Å². The van der Waals surface area contributed by atoms with Crippen molar-refractivity contribution in [2.45, 2.75) is 32.4 Å². The van der Waals surface area contributed by atoms with E-state index in [0.717, 1.165) is 60.5 Å². The number of fused-ring (bicyclic) bond motifs is 1. The molecule has 4 aromatic rings. The molecule has 164 valence electrons. The molecule has 0 saturated carbocycles. The lowest BCUT2D eigenvalue weighted by molar-refractivity contribution is 0.200. The van der Waals surface area contributed by atoms with Crippen LogP contribution in [0.4, 0.5) is 5.82 Å². The molecule has 0 unspecified atom stereocenters. The van der Waals surface area contributed by atoms with Gasteiger partial charge in [0.25, 0.3) is 0 Å². The number of hydrogen-bond acceptors (Lipinski definition) is 5. The molecular formula is C26H30N6. The van der Waals surface area contributed by atoms with Gasteiger partial charge < -0.3 is 4.90 Å². The molecule has 32 heavy (non-hydrogen) atoms. The minimum Gasteiger partial charge on any atom is -0.354 e. The van der Waals surface area contributed by atoms with E-state index in [2.05, 4.69) is 82.5 Å². The number of hydrogen-bond donors (Lipinski definition) is 0. The molecule has 6 heteroatoms. The molecule has 1 aliphatic heterocycles. The van der Waals surface area contributed by atoms with Crippen LogP contribution in [0.3, 0.4) is 0 Å². The summed E-state index contributed by atoms with van der Waals surface area (Å²) in [4.78, 5) is 4.90. The van der Waals surface area contributed by atoms with E-state index in [1.54, 1.807) is 6.20 Å². The second-order valence-corrected chi connectivity index (χ2v) is 8.88. The molecule has 0 spiro atoms. The van der Waals surface area contributed by atoms with E-state index in [1.165, 1.54) is 11.1 Å². The Morgan fingerprint density at radius 2 is 1.75 bits per heavy atom. The summed E-state index contributed by atoms with van der Waals surface area (Å²) in [5.41, 5.74) is 4.58. The van der Waals surface area contributed by atoms with E-state index in [1.807, 2.05) is 17.8 Å². The maximum absolute atomic E-state index is 4.70. The topological polar surface area (TPSA) is 50.1 Å². The molecule has 0 atom stereocenters. The van der Waals surface area contributed by atoms with Crippen molar-refractivity contribution in [3.05, 3.63) is 71.9 Å². The lowest BCUT2D eigenvalue weighted by Gasteiger charge is -2.37. The first-order valence-electron chi connectivity index (χ1n) is 11.3. The average molecular weight is 427 g/mol. The van der Waals surface area contributed by atoms with Crippen LogP contribution in [-0.4, -0.2) is 51.1 Å². The zero-order valence-electron chi connectivity index (χ0n) is 19.1. The minimum absolute atomic E-state index is 0.583. The normalized spacial score (nSPS) is 15.1. The van der Waals surface area contributed by atoms with Gasteiger partial charge >= 0.3 is 0 Å². The number of piperidine rings is 1. The Kier molecular flexibility index (Phi) is 5.62. The molecule has 1 aliphatic rings. The summed E-state index contributed by atoms with van der Waals surface area (Å²) >= 11 is 0. The third-order valence-electron chi connectivity index (χ3n) is 6.63. The van der Waals surface area contributed by atoms with Crippen molar-refractivity contribution in [2.24, 2.45) is 7.05 Å². The Morgan fingerprint density at radius 3 is 2.47 bits per heavy atom. The van der Waals surface area contributed by atoms with Crippen molar-refractivity contribution in [1.29, 1.82) is 0 Å². The molecule has 0 amide bonds. The highest BCUT2D eigenvalue weighted by Crippen LogP contribution is 2.32. The van der Waals surface area contributed by atoms with Gasteiger partial charge in [-0.05, 0) is 38.4 Å². The molecule has 0 aliphatic carbocycles. The fraction of sp³-hybridized carbons (Fsp3) is 0.346. The number of benzene rings is 2. The Hall–Kier alpha value is -3.25. The van der Waals surface area contributed by atoms with Crippen molar-refractivity contribution < 1.29 is 0 Å². The van der Waals surface area contributed by atoms with Crippen LogP contribution in [0.2, 0.25) is 0 Å². The highest BCUT2D eigenvalue weighted by atomic mass is 15.3. The Labute approximate surface area is 189 Å². The van der Waals surface area contributed by atoms with Gasteiger partial charge in [-0.15, -0.1) is 10.2 Å². The number of nitrogens with zero attached hydrogens (tertiary/aromatic N) is 6. The Morgan fingerprint density at radius 1 is 0.969 bits per heavy atom. The quantitative estimate of drug-likeness (QED) is 0.472. The van der Waals surface area contributed by atoms with E-state index in [-0.39, 0.29) is 0 Å². The van der Waals surface area contributed by atoms with E-state index in [9.17, 15) is 0 Å². The lowest BCUT2D eigenvalue weighted by atomic mass is 10.0. The molecule has 2 aromatic carbocycles. The van der Waals surface area contributed by atoms with Crippen LogP contribution in [0.5, 0.6) is 0 Å². The monoisotopic (exact) mass is 426 g/mol. The van der Waals surface area contributed by atoms with Crippen LogP contribution >= 0.6 is 0 Å². The fourth-order valence-electron chi connectivity index (χ4n) is 4.86. The lowest BCUT2D eigenvalue weighted by Crippen LogP contribution is -2.43. The van der Waals surface area contributed by atoms with Crippen molar-refractivity contribution in [3.8, 4) is 11.4 Å². The first-order chi connectivity index (χ1) is 15.6. The summed E-state index contributed by atoms with van der Waals surface area (Å²) in [6, 6.07) is 19.9. The molecule has 2 aromatic heterocycles. The van der Waals surface area contributed by atoms with Gasteiger partial charge in [0.2, 0.25) is 0 Å². The molecule has 0 bridgehead atoms. The van der Waals surface area contributed by atoms with Gasteiger partial charge in [-0.2, -0.15) is 5.10 Å². The van der Waals surface area contributed by atoms with Gasteiger partial charge in [-0.25, -0.2) is 0 Å². The first kappa shape index (κ1) is 20.6. The summed E-state index contributed by atoms with van der Waals surface area (Å²) in [5.74, 6) is 0.992. The maximum Gasteiger partial charge on any atom is 0.159 e. The first-order valence-corrected chi connectivity index (χ1v) is 11.3. The van der Waals surface area contributed by atoms with Gasteiger partial charge in [-0.1, -0.05) is 54.1 Å². The molecule has 5 rings (SSSR count). The number of aryl methyl sites for hydroxylation is 2. The highest BCUT2D eigenvalue weighted by molar-refractivity contribution is 5.99. The van der Waals surface area contributed by atoms with Crippen LogP contribution in [0, 0.1) is 6.92 Å². The summed E-state index contributed by atoms with van der Waals surface area (Å²) in [7, 11) is 4.19. The standard InChI is InChI=1S/C26H30N6/c1-19-7-6-8-20(17-19)18-30(2)21-12-15-32(16-13-21)26-23-10-5-4-9-22(23)25(28-29-26)24-11-14-27-31(24)3/h4-11,14,17,21H,12-13,15-16,18H2,1-3H3. The SMILES string of the molecule is Cc1cccc(CN(C)C2CCN(c3nnc(-c4ccnn4C)c4ccccc34)CC2)c1. The van der Waals surface area contributed by atoms with Crippen molar-refractivity contribution in [2.75, 3.05) is 25.0 Å². The fourth-order valence-corrected chi connectivity index (χ4v) is 4.86. The van der Waals surface area contributed by atoms with E-state index in [0.29, 0.717) is 6.04 Å². The van der Waals surface area contributed by atoms with Crippen molar-refractivity contribution >= 4 is 16.6 Å². The maximum atomic E-state index is 4.70. The molecular weight excluding hydrogens is 396 g/mol. The number of rotatable bonds is 5. The van der Waals surface area contributed by atoms with Crippen LogP contribution in [-0.2, 0) is 13.6 Å². The third-order valence-corrected chi connectivity index (χ3v) is 6.63. The molecule has 3 heterocycles. The second-order valence-electron chi connectivity index (χ2n) is 8.88. The highest BCUT2D eigenvalue weighted by Gasteiger charge is 2.25. The van der Waals surface area contributed by atoms with Gasteiger partial charge in [0.05, 0.1) is 5.69 Å². The van der Waals surface area contributed by atoms with E-state index >= 15 is 0 Å². The van der Waals surface area contributed by atoms with Crippen molar-refractivity contribution in [3.63, 3.8) is 0 Å². The van der Waals surface area contributed by atoms with Crippen LogP contribution in [0.25, 0.3) is 22.2 Å². The summed E-state index contributed by atoms with van der Waals surface area (Å²) in [6.07, 6.45) is 4.06. The molecule has 6 nitrogen and oxygen atoms in total. The molecule has 0 N–H and O–H groups in total. The van der Waals surface area contributed by atoms with Crippen molar-refractivity contribution in [1.82, 2.24) is 24.9 Å². The number of anilines is 1. The summed E-state index contributed by atoms with van der Waals surface area (Å²) in [5, 5.41) is 15.9. The van der Waals surface area contributed by atoms with Crippen LogP contribution in [0.1, 0.15) is 24.0 Å². The van der Waals surface area contributed by atoms with E-state index in [4.69, 9.17) is 5.10 Å². The Bertz CT molecular complexity index is 1220. The predicted octanol–water partition coefficient (Wildman–Crippen LogP) is 4.44. The predicted molar refractivity (Wildman–Crippen MR) is 130 cm³/mol. The minimum atomic E-state index is 0.583. The average Bonchev–Trinajstić information content (AvgIpc) is 3.24. The third kappa shape index (κ3) is 3.98. The second kappa shape index (κ2) is 8.71. The molecule has 1 fully saturated rings. The van der Waals surface area contributed by atoms with Gasteiger partial charge in [-0.3, -0.25) is 9.58 Å². The van der Waals surface area contributed by atoms with Gasteiger partial charge in [0.15, 0.2) is 5.82 Å². The van der Waals surface area contributed by atoms with Crippen LogP contribution in [0.15, 0.2) is 60.8 Å². The van der Waals surface area contributed by atoms with E-state index < -0.39 is 0 Å². The molecule has 1 saturated heterocycles. The zero-order valence-corrected chi connectivity index (χ0v) is 19.1. The zero-order chi connectivity index (χ0) is 22.1. The smallest absolute Gasteiger partial charge is 0.159 e. The summed E-state index contributed by atoms with van der Waals surface area (Å²) in [6.45, 7) is 5.14. The largest absolute Gasteiger partial charge is 0.354 e. The van der Waals surface area contributed by atoms with Crippen LogP contribution < -0.4 is 4.90 Å². The molecule has 0 radical (unpaired) electrons.